The van der Waals surface area contributed by atoms with Gasteiger partial charge in [-0.2, -0.15) is 5.10 Å². The number of hydrogen-bond donors (Lipinski definition) is 2. The minimum absolute atomic E-state index is 0.0478. The van der Waals surface area contributed by atoms with Crippen LogP contribution in [0.3, 0.4) is 0 Å². The van der Waals surface area contributed by atoms with Gasteiger partial charge in [-0.1, -0.05) is 6.07 Å². The molecular weight excluding hydrogens is 412 g/mol. The number of ether oxygens (including phenoxy) is 2. The first kappa shape index (κ1) is 20.2. The van der Waals surface area contributed by atoms with Crippen molar-refractivity contribution in [3.05, 3.63) is 65.4 Å². The lowest BCUT2D eigenvalue weighted by Crippen LogP contribution is -2.38. The lowest BCUT2D eigenvalue weighted by Gasteiger charge is -2.32. The average molecular weight is 436 g/mol. The molecule has 1 aromatic carbocycles. The Hall–Kier alpha value is -3.75. The number of carbonyl (C=O) groups is 2. The SMILES string of the molecule is O=C(NCc1ccco1)c1cc(C2CCN(C(=O)c3cccc4c3OCCO4)CC2)[nH]n1. The third kappa shape index (κ3) is 4.05. The van der Waals surface area contributed by atoms with Crippen LogP contribution in [0.5, 0.6) is 11.5 Å². The third-order valence-electron chi connectivity index (χ3n) is 5.85. The van der Waals surface area contributed by atoms with Crippen LogP contribution in [-0.4, -0.2) is 53.2 Å². The van der Waals surface area contributed by atoms with Crippen LogP contribution >= 0.6 is 0 Å². The summed E-state index contributed by atoms with van der Waals surface area (Å²) in [5.74, 6) is 1.74. The summed E-state index contributed by atoms with van der Waals surface area (Å²) in [6.07, 6.45) is 3.14. The van der Waals surface area contributed by atoms with E-state index in [4.69, 9.17) is 13.9 Å². The van der Waals surface area contributed by atoms with Crippen LogP contribution < -0.4 is 14.8 Å². The van der Waals surface area contributed by atoms with Gasteiger partial charge in [-0.15, -0.1) is 0 Å². The Morgan fingerprint density at radius 2 is 1.97 bits per heavy atom. The lowest BCUT2D eigenvalue weighted by molar-refractivity contribution is 0.0701. The molecule has 0 unspecified atom stereocenters. The molecular formula is C23H24N4O5. The number of nitrogens with zero attached hydrogens (tertiary/aromatic N) is 2. The fraction of sp³-hybridized carbons (Fsp3) is 0.348. The van der Waals surface area contributed by atoms with Crippen molar-refractivity contribution in [2.24, 2.45) is 0 Å². The van der Waals surface area contributed by atoms with Gasteiger partial charge in [-0.3, -0.25) is 14.7 Å². The van der Waals surface area contributed by atoms with Gasteiger partial charge in [-0.05, 0) is 43.2 Å². The molecule has 0 bridgehead atoms. The van der Waals surface area contributed by atoms with Crippen LogP contribution in [0, 0.1) is 0 Å². The Kier molecular flexibility index (Phi) is 5.53. The van der Waals surface area contributed by atoms with Crippen molar-refractivity contribution in [2.45, 2.75) is 25.3 Å². The Labute approximate surface area is 184 Å². The molecule has 2 aliphatic heterocycles. The summed E-state index contributed by atoms with van der Waals surface area (Å²) in [6, 6.07) is 10.8. The second-order valence-corrected chi connectivity index (χ2v) is 7.87. The van der Waals surface area contributed by atoms with Crippen LogP contribution in [0.15, 0.2) is 47.1 Å². The van der Waals surface area contributed by atoms with Gasteiger partial charge in [-0.25, -0.2) is 0 Å². The van der Waals surface area contributed by atoms with Crippen LogP contribution in [0.4, 0.5) is 0 Å². The van der Waals surface area contributed by atoms with E-state index in [1.807, 2.05) is 17.0 Å². The van der Waals surface area contributed by atoms with E-state index >= 15 is 0 Å². The smallest absolute Gasteiger partial charge is 0.272 e. The highest BCUT2D eigenvalue weighted by Crippen LogP contribution is 2.35. The topological polar surface area (TPSA) is 110 Å². The van der Waals surface area contributed by atoms with E-state index in [1.165, 1.54) is 0 Å². The van der Waals surface area contributed by atoms with E-state index in [2.05, 4.69) is 15.5 Å². The Balaban J connectivity index is 1.18. The Morgan fingerprint density at radius 1 is 1.12 bits per heavy atom. The number of H-pyrrole nitrogens is 1. The summed E-state index contributed by atoms with van der Waals surface area (Å²) in [6.45, 7) is 2.48. The van der Waals surface area contributed by atoms with E-state index < -0.39 is 0 Å². The fourth-order valence-corrected chi connectivity index (χ4v) is 4.14. The van der Waals surface area contributed by atoms with E-state index in [-0.39, 0.29) is 17.7 Å². The van der Waals surface area contributed by atoms with Crippen molar-refractivity contribution >= 4 is 11.8 Å². The maximum absolute atomic E-state index is 13.1. The summed E-state index contributed by atoms with van der Waals surface area (Å²) < 4.78 is 16.5. The normalized spacial score (nSPS) is 16.1. The average Bonchev–Trinajstić information content (AvgIpc) is 3.54. The number of benzene rings is 1. The van der Waals surface area contributed by atoms with Crippen LogP contribution in [0.25, 0.3) is 0 Å². The molecule has 2 N–H and O–H groups in total. The largest absolute Gasteiger partial charge is 0.486 e. The second-order valence-electron chi connectivity index (χ2n) is 7.87. The van der Waals surface area contributed by atoms with E-state index in [9.17, 15) is 9.59 Å². The van der Waals surface area contributed by atoms with Crippen molar-refractivity contribution in [1.82, 2.24) is 20.4 Å². The van der Waals surface area contributed by atoms with E-state index in [1.54, 1.807) is 30.5 Å². The van der Waals surface area contributed by atoms with Gasteiger partial charge in [0.25, 0.3) is 11.8 Å². The van der Waals surface area contributed by atoms with Gasteiger partial charge in [0.15, 0.2) is 11.5 Å². The third-order valence-corrected chi connectivity index (χ3v) is 5.85. The predicted molar refractivity (Wildman–Crippen MR) is 114 cm³/mol. The number of fused-ring (bicyclic) bond motifs is 1. The molecule has 0 aliphatic carbocycles. The van der Waals surface area contributed by atoms with Gasteiger partial charge < -0.3 is 24.1 Å². The highest BCUT2D eigenvalue weighted by Gasteiger charge is 2.29. The number of nitrogens with one attached hydrogen (secondary N) is 2. The van der Waals surface area contributed by atoms with Gasteiger partial charge in [0.2, 0.25) is 0 Å². The van der Waals surface area contributed by atoms with Crippen molar-refractivity contribution in [2.75, 3.05) is 26.3 Å². The van der Waals surface area contributed by atoms with E-state index in [0.29, 0.717) is 61.4 Å². The number of piperidine rings is 1. The Bertz CT molecular complexity index is 1100. The molecule has 4 heterocycles. The number of furan rings is 1. The molecule has 0 saturated carbocycles. The summed E-state index contributed by atoms with van der Waals surface area (Å²) in [4.78, 5) is 27.3. The van der Waals surface area contributed by atoms with Crippen LogP contribution in [0.1, 0.15) is 51.1 Å². The highest BCUT2D eigenvalue weighted by atomic mass is 16.6. The van der Waals surface area contributed by atoms with Gasteiger partial charge in [0.1, 0.15) is 24.7 Å². The molecule has 2 aliphatic rings. The van der Waals surface area contributed by atoms with Crippen LogP contribution in [-0.2, 0) is 6.54 Å². The quantitative estimate of drug-likeness (QED) is 0.637. The zero-order valence-electron chi connectivity index (χ0n) is 17.5. The summed E-state index contributed by atoms with van der Waals surface area (Å²) in [5.41, 5.74) is 1.80. The molecule has 0 spiro atoms. The molecule has 9 nitrogen and oxygen atoms in total. The summed E-state index contributed by atoms with van der Waals surface area (Å²) >= 11 is 0. The van der Waals surface area contributed by atoms with Crippen molar-refractivity contribution < 1.29 is 23.5 Å². The molecule has 0 radical (unpaired) electrons. The number of carbonyl (C=O) groups excluding carboxylic acids is 2. The minimum atomic E-state index is -0.257. The van der Waals surface area contributed by atoms with Crippen molar-refractivity contribution in [3.63, 3.8) is 0 Å². The first-order valence-electron chi connectivity index (χ1n) is 10.7. The number of aromatic amines is 1. The number of rotatable bonds is 5. The standard InChI is InChI=1S/C23H24N4O5/c28-22(24-14-16-3-2-10-30-16)19-13-18(25-26-19)15-6-8-27(9-7-15)23(29)17-4-1-5-20-21(17)32-12-11-31-20/h1-5,10,13,15H,6-9,11-12,14H2,(H,24,28)(H,25,26). The molecule has 0 atom stereocenters. The van der Waals surface area contributed by atoms with Gasteiger partial charge in [0.05, 0.1) is 18.4 Å². The highest BCUT2D eigenvalue weighted by molar-refractivity contribution is 5.98. The first-order valence-corrected chi connectivity index (χ1v) is 10.7. The van der Waals surface area contributed by atoms with Crippen LogP contribution in [0.2, 0.25) is 0 Å². The number of para-hydroxylation sites is 1. The minimum Gasteiger partial charge on any atom is -0.486 e. The summed E-state index contributed by atoms with van der Waals surface area (Å²) in [7, 11) is 0. The molecule has 1 saturated heterocycles. The molecule has 9 heteroatoms. The number of hydrogen-bond acceptors (Lipinski definition) is 6. The lowest BCUT2D eigenvalue weighted by atomic mass is 9.93. The van der Waals surface area contributed by atoms with E-state index in [0.717, 1.165) is 18.5 Å². The maximum atomic E-state index is 13.1. The molecule has 166 valence electrons. The molecule has 1 fully saturated rings. The monoisotopic (exact) mass is 436 g/mol. The number of amides is 2. The predicted octanol–water partition coefficient (Wildman–Crippen LogP) is 2.72. The first-order chi connectivity index (χ1) is 15.7. The fourth-order valence-electron chi connectivity index (χ4n) is 4.14. The summed E-state index contributed by atoms with van der Waals surface area (Å²) in [5, 5.41) is 9.95. The maximum Gasteiger partial charge on any atom is 0.272 e. The number of likely N-dealkylation sites (tertiary alicyclic amines) is 1. The Morgan fingerprint density at radius 3 is 2.78 bits per heavy atom. The van der Waals surface area contributed by atoms with Gasteiger partial charge >= 0.3 is 0 Å². The van der Waals surface area contributed by atoms with Crippen molar-refractivity contribution in [3.8, 4) is 11.5 Å². The molecule has 2 aromatic heterocycles. The molecule has 2 amide bonds. The van der Waals surface area contributed by atoms with Crippen molar-refractivity contribution in [1.29, 1.82) is 0 Å². The molecule has 3 aromatic rings. The zero-order chi connectivity index (χ0) is 21.9. The molecule has 5 rings (SSSR count). The molecule has 32 heavy (non-hydrogen) atoms. The zero-order valence-corrected chi connectivity index (χ0v) is 17.5. The van der Waals surface area contributed by atoms with Gasteiger partial charge in [0, 0.05) is 24.7 Å². The number of aromatic nitrogens is 2. The second kappa shape index (κ2) is 8.78.